The van der Waals surface area contributed by atoms with Crippen molar-refractivity contribution in [3.8, 4) is 0 Å². The van der Waals surface area contributed by atoms with E-state index in [4.69, 9.17) is 0 Å². The van der Waals surface area contributed by atoms with Crippen LogP contribution in [0.1, 0.15) is 21.5 Å². The van der Waals surface area contributed by atoms with Gasteiger partial charge in [-0.25, -0.2) is 0 Å². The van der Waals surface area contributed by atoms with Gasteiger partial charge < -0.3 is 0 Å². The molecule has 2 aromatic rings. The van der Waals surface area contributed by atoms with Crippen molar-refractivity contribution in [1.82, 2.24) is 0 Å². The maximum atomic E-state index is 12.0. The molecule has 0 saturated heterocycles. The zero-order valence-corrected chi connectivity index (χ0v) is 13.2. The van der Waals surface area contributed by atoms with Gasteiger partial charge in [0, 0.05) is 36.7 Å². The molecule has 0 radical (unpaired) electrons. The molecule has 16 heavy (non-hydrogen) atoms. The first kappa shape index (κ1) is 13.2. The van der Waals surface area contributed by atoms with Gasteiger partial charge >= 0.3 is 0 Å². The maximum absolute atomic E-state index is 12.0. The predicted octanol–water partition coefficient (Wildman–Crippen LogP) is 3.03. The van der Waals surface area contributed by atoms with Crippen molar-refractivity contribution < 1.29 is 35.9 Å². The van der Waals surface area contributed by atoms with E-state index in [1.54, 1.807) is 24.3 Å². The van der Waals surface area contributed by atoms with Crippen molar-refractivity contribution in [2.45, 2.75) is 6.92 Å². The molecule has 0 aliphatic rings. The number of carbonyl (C=O) groups excluding carboxylic acids is 1. The van der Waals surface area contributed by atoms with Gasteiger partial charge in [0.1, 0.15) is 0 Å². The Hall–Kier alpha value is -0.838. The summed E-state index contributed by atoms with van der Waals surface area (Å²) in [6, 6.07) is 17.6. The molecular weight excluding hydrogens is 422 g/mol. The summed E-state index contributed by atoms with van der Waals surface area (Å²) in [7, 11) is 0. The first-order valence-corrected chi connectivity index (χ1v) is 4.85. The second-order valence-corrected chi connectivity index (χ2v) is 3.49. The van der Waals surface area contributed by atoms with Crippen LogP contribution >= 0.6 is 0 Å². The predicted molar refractivity (Wildman–Crippen MR) is 59.9 cm³/mol. The van der Waals surface area contributed by atoms with Crippen LogP contribution in [0.2, 0.25) is 0 Å². The van der Waals surface area contributed by atoms with E-state index in [2.05, 4.69) is 6.07 Å². The molecule has 0 heterocycles. The number of ketones is 1. The molecule has 0 bridgehead atoms. The molecule has 0 spiro atoms. The van der Waals surface area contributed by atoms with Crippen molar-refractivity contribution in [2.24, 2.45) is 0 Å². The van der Waals surface area contributed by atoms with Gasteiger partial charge in [-0.3, -0.25) is 4.79 Å². The maximum Gasteiger partial charge on any atom is 0.169 e. The fraction of sp³-hybridized carbons (Fsp3) is 0.0714. The van der Waals surface area contributed by atoms with Crippen molar-refractivity contribution in [3.05, 3.63) is 71.3 Å². The second-order valence-electron chi connectivity index (χ2n) is 3.49. The molecule has 2 aromatic carbocycles. The summed E-state index contributed by atoms with van der Waals surface area (Å²) in [6.45, 7) is 1.98. The second kappa shape index (κ2) is 6.04. The van der Waals surface area contributed by atoms with Crippen LogP contribution in [0.15, 0.2) is 48.5 Å². The summed E-state index contributed by atoms with van der Waals surface area (Å²) >= 11 is 0. The van der Waals surface area contributed by atoms with E-state index >= 15 is 0 Å². The van der Waals surface area contributed by atoms with E-state index < -0.39 is 0 Å². The molecule has 0 aliphatic heterocycles. The average Bonchev–Trinajstić information content (AvgIpc) is 2.29. The first-order valence-electron chi connectivity index (χ1n) is 4.85. The van der Waals surface area contributed by atoms with Gasteiger partial charge in [-0.2, -0.15) is 30.3 Å². The quantitative estimate of drug-likeness (QED) is 0.526. The number of hydrogen-bond acceptors (Lipinski definition) is 1. The van der Waals surface area contributed by atoms with E-state index in [0.717, 1.165) is 11.1 Å². The summed E-state index contributed by atoms with van der Waals surface area (Å²) in [5.74, 6) is 0.0627. The summed E-state index contributed by atoms with van der Waals surface area (Å²) in [4.78, 5) is 12.0. The molecule has 78 valence electrons. The van der Waals surface area contributed by atoms with Gasteiger partial charge in [-0.05, 0) is 13.0 Å². The van der Waals surface area contributed by atoms with Crippen LogP contribution < -0.4 is 0 Å². The van der Waals surface area contributed by atoms with Gasteiger partial charge in [0.15, 0.2) is 5.78 Å². The molecular formula is C14H11OU-. The Labute approximate surface area is 119 Å². The average molecular weight is 433 g/mol. The van der Waals surface area contributed by atoms with Gasteiger partial charge in [0.05, 0.1) is 0 Å². The van der Waals surface area contributed by atoms with Gasteiger partial charge in [-0.1, -0.05) is 29.3 Å². The van der Waals surface area contributed by atoms with Crippen LogP contribution in [0.4, 0.5) is 0 Å². The van der Waals surface area contributed by atoms with Crippen LogP contribution in [0.25, 0.3) is 0 Å². The summed E-state index contributed by atoms with van der Waals surface area (Å²) < 4.78 is 0. The van der Waals surface area contributed by atoms with Crippen LogP contribution in [0, 0.1) is 44.1 Å². The molecule has 2 heteroatoms. The minimum atomic E-state index is 0. The summed E-state index contributed by atoms with van der Waals surface area (Å²) in [6.07, 6.45) is 0. The number of carbonyl (C=O) groups is 1. The Bertz CT molecular complexity index is 477. The molecule has 0 atom stereocenters. The minimum absolute atomic E-state index is 0. The van der Waals surface area contributed by atoms with E-state index in [9.17, 15) is 4.79 Å². The Balaban J connectivity index is 0.00000128. The standard InChI is InChI=1S/C14H11O.U/c1-11-6-5-9-13(10-11)14(15)12-7-3-2-4-8-12;/h3-10H,1H3;/q-1;. The Morgan fingerprint density at radius 2 is 1.75 bits per heavy atom. The normalized spacial score (nSPS) is 9.31. The van der Waals surface area contributed by atoms with Crippen molar-refractivity contribution in [2.75, 3.05) is 0 Å². The third-order valence-electron chi connectivity index (χ3n) is 2.26. The van der Waals surface area contributed by atoms with Crippen molar-refractivity contribution >= 4 is 5.78 Å². The zero-order valence-electron chi connectivity index (χ0n) is 9.03. The molecule has 0 unspecified atom stereocenters. The first-order chi connectivity index (χ1) is 7.27. The topological polar surface area (TPSA) is 17.1 Å². The van der Waals surface area contributed by atoms with E-state index in [1.807, 2.05) is 31.2 Å². The molecule has 0 N–H and O–H groups in total. The number of hydrogen-bond donors (Lipinski definition) is 0. The summed E-state index contributed by atoms with van der Waals surface area (Å²) in [5.41, 5.74) is 2.55. The molecule has 2 rings (SSSR count). The zero-order chi connectivity index (χ0) is 10.7. The van der Waals surface area contributed by atoms with E-state index in [-0.39, 0.29) is 36.9 Å². The minimum Gasteiger partial charge on any atom is -0.291 e. The molecule has 0 saturated carbocycles. The Kier molecular flexibility index (Phi) is 4.99. The fourth-order valence-electron chi connectivity index (χ4n) is 1.49. The molecule has 0 aromatic heterocycles. The van der Waals surface area contributed by atoms with Crippen molar-refractivity contribution in [1.29, 1.82) is 0 Å². The Morgan fingerprint density at radius 3 is 2.38 bits per heavy atom. The Morgan fingerprint density at radius 1 is 1.06 bits per heavy atom. The number of benzene rings is 2. The van der Waals surface area contributed by atoms with E-state index in [1.165, 1.54) is 0 Å². The fourth-order valence-corrected chi connectivity index (χ4v) is 1.49. The molecule has 0 fully saturated rings. The largest absolute Gasteiger partial charge is 0.291 e. The number of aryl methyl sites for hydroxylation is 1. The van der Waals surface area contributed by atoms with Gasteiger partial charge in [0.25, 0.3) is 0 Å². The summed E-state index contributed by atoms with van der Waals surface area (Å²) in [5, 5.41) is 0. The van der Waals surface area contributed by atoms with Crippen LogP contribution in [-0.2, 0) is 0 Å². The third-order valence-corrected chi connectivity index (χ3v) is 2.26. The monoisotopic (exact) mass is 433 g/mol. The van der Waals surface area contributed by atoms with Crippen LogP contribution in [-0.4, -0.2) is 5.78 Å². The van der Waals surface area contributed by atoms with E-state index in [0.29, 0.717) is 5.56 Å². The smallest absolute Gasteiger partial charge is 0.169 e. The molecule has 0 amide bonds. The third kappa shape index (κ3) is 3.07. The molecule has 0 aliphatic carbocycles. The molecule has 1 nitrogen and oxygen atoms in total. The number of rotatable bonds is 2. The van der Waals surface area contributed by atoms with Gasteiger partial charge in [-0.15, -0.1) is 0 Å². The van der Waals surface area contributed by atoms with Crippen molar-refractivity contribution in [3.63, 3.8) is 0 Å². The van der Waals surface area contributed by atoms with Crippen LogP contribution in [0.5, 0.6) is 0 Å². The van der Waals surface area contributed by atoms with Crippen LogP contribution in [0.3, 0.4) is 0 Å². The SMILES string of the molecule is Cc1cccc(C(=O)c2cc[c-]cc2)c1.[U]. The van der Waals surface area contributed by atoms with Gasteiger partial charge in [0.2, 0.25) is 0 Å².